The number of pyridine rings is 1. The minimum absolute atomic E-state index is 0. The van der Waals surface area contributed by atoms with Crippen molar-refractivity contribution >= 4 is 41.2 Å². The van der Waals surface area contributed by atoms with Crippen molar-refractivity contribution in [3.05, 3.63) is 59.5 Å². The van der Waals surface area contributed by atoms with Crippen molar-refractivity contribution in [3.63, 3.8) is 0 Å². The first-order chi connectivity index (χ1) is 12.7. The maximum Gasteiger partial charge on any atom is 0.151 e. The highest BCUT2D eigenvalue weighted by Gasteiger charge is 2.26. The molecule has 1 fully saturated rings. The van der Waals surface area contributed by atoms with Crippen LogP contribution in [-0.4, -0.2) is 40.0 Å². The predicted octanol–water partition coefficient (Wildman–Crippen LogP) is 3.76. The van der Waals surface area contributed by atoms with Crippen molar-refractivity contribution in [2.75, 3.05) is 13.1 Å². The average Bonchev–Trinajstić information content (AvgIpc) is 3.08. The van der Waals surface area contributed by atoms with Gasteiger partial charge >= 0.3 is 0 Å². The van der Waals surface area contributed by atoms with Gasteiger partial charge in [-0.25, -0.2) is 0 Å². The van der Waals surface area contributed by atoms with E-state index < -0.39 is 6.17 Å². The van der Waals surface area contributed by atoms with E-state index in [0.717, 1.165) is 48.4 Å². The Morgan fingerprint density at radius 3 is 2.56 bits per heavy atom. The molecule has 0 saturated carbocycles. The summed E-state index contributed by atoms with van der Waals surface area (Å²) in [6.45, 7) is 1.67. The molecule has 1 aromatic carbocycles. The lowest BCUT2D eigenvalue weighted by Crippen LogP contribution is -2.46. The van der Waals surface area contributed by atoms with E-state index in [1.807, 2.05) is 41.6 Å². The van der Waals surface area contributed by atoms with Crippen LogP contribution in [0, 0.1) is 0 Å². The Kier molecular flexibility index (Phi) is 6.17. The molecular formula is C20H22Cl2N4O. The molecular weight excluding hydrogens is 383 g/mol. The number of carbonyl (C=O) groups excluding carboxylic acids is 1. The maximum atomic E-state index is 10.9. The van der Waals surface area contributed by atoms with E-state index in [-0.39, 0.29) is 12.4 Å². The molecule has 0 amide bonds. The monoisotopic (exact) mass is 404 g/mol. The summed E-state index contributed by atoms with van der Waals surface area (Å²) in [5.41, 5.74) is 9.34. The first-order valence-electron chi connectivity index (χ1n) is 8.83. The van der Waals surface area contributed by atoms with E-state index in [1.165, 1.54) is 10.9 Å². The van der Waals surface area contributed by atoms with Crippen LogP contribution in [0.4, 0.5) is 0 Å². The summed E-state index contributed by atoms with van der Waals surface area (Å²) >= 11 is 6.03. The van der Waals surface area contributed by atoms with Gasteiger partial charge < -0.3 is 15.1 Å². The van der Waals surface area contributed by atoms with Crippen molar-refractivity contribution in [1.29, 1.82) is 0 Å². The highest BCUT2D eigenvalue weighted by molar-refractivity contribution is 6.30. The van der Waals surface area contributed by atoms with Gasteiger partial charge in [0.05, 0.1) is 11.7 Å². The van der Waals surface area contributed by atoms with E-state index in [1.54, 1.807) is 0 Å². The predicted molar refractivity (Wildman–Crippen MR) is 111 cm³/mol. The van der Waals surface area contributed by atoms with Crippen molar-refractivity contribution < 1.29 is 4.79 Å². The molecule has 27 heavy (non-hydrogen) atoms. The molecule has 3 heterocycles. The Bertz CT molecular complexity index is 917. The molecule has 0 bridgehead atoms. The molecule has 2 aromatic heterocycles. The summed E-state index contributed by atoms with van der Waals surface area (Å²) < 4.78 is 2.18. The van der Waals surface area contributed by atoms with Crippen LogP contribution in [0.2, 0.25) is 5.02 Å². The number of carbonyl (C=O) groups is 1. The largest absolute Gasteiger partial charge is 0.315 e. The van der Waals surface area contributed by atoms with Gasteiger partial charge in [0, 0.05) is 41.6 Å². The van der Waals surface area contributed by atoms with E-state index in [9.17, 15) is 4.79 Å². The molecule has 0 radical (unpaired) electrons. The lowest BCUT2D eigenvalue weighted by molar-refractivity contribution is -0.112. The van der Waals surface area contributed by atoms with Gasteiger partial charge in [-0.15, -0.1) is 12.4 Å². The van der Waals surface area contributed by atoms with Crippen LogP contribution in [0.1, 0.15) is 24.3 Å². The molecule has 1 unspecified atom stereocenters. The number of aldehydes is 1. The molecule has 1 atom stereocenters. The van der Waals surface area contributed by atoms with Crippen LogP contribution in [0.15, 0.2) is 48.9 Å². The SMILES string of the molecule is Cl.NC(C=O)N1CCC(c2cn(-c3ccc(Cl)cc3)c3cnccc23)CC1. The fraction of sp³-hybridized carbons (Fsp3) is 0.300. The van der Waals surface area contributed by atoms with Gasteiger partial charge in [0.15, 0.2) is 6.29 Å². The van der Waals surface area contributed by atoms with E-state index in [4.69, 9.17) is 17.3 Å². The fourth-order valence-corrected chi connectivity index (χ4v) is 3.96. The summed E-state index contributed by atoms with van der Waals surface area (Å²) in [6.07, 6.45) is 8.28. The molecule has 1 aliphatic rings. The maximum absolute atomic E-state index is 10.9. The molecule has 3 aromatic rings. The summed E-state index contributed by atoms with van der Waals surface area (Å²) in [6, 6.07) is 9.92. The fourth-order valence-electron chi connectivity index (χ4n) is 3.84. The number of piperidine rings is 1. The zero-order chi connectivity index (χ0) is 18.1. The number of nitrogens with two attached hydrogens (primary N) is 1. The molecule has 2 N–H and O–H groups in total. The molecule has 1 saturated heterocycles. The summed E-state index contributed by atoms with van der Waals surface area (Å²) in [5.74, 6) is 0.448. The topological polar surface area (TPSA) is 64.2 Å². The second-order valence-corrected chi connectivity index (χ2v) is 7.20. The number of fused-ring (bicyclic) bond motifs is 1. The minimum Gasteiger partial charge on any atom is -0.315 e. The van der Waals surface area contributed by atoms with Crippen LogP contribution in [0.25, 0.3) is 16.6 Å². The normalized spacial score (nSPS) is 16.8. The van der Waals surface area contributed by atoms with E-state index in [0.29, 0.717) is 5.92 Å². The van der Waals surface area contributed by atoms with Gasteiger partial charge in [-0.3, -0.25) is 9.88 Å². The quantitative estimate of drug-likeness (QED) is 0.672. The highest BCUT2D eigenvalue weighted by Crippen LogP contribution is 2.35. The molecule has 7 heteroatoms. The summed E-state index contributed by atoms with van der Waals surface area (Å²) in [7, 11) is 0. The molecule has 1 aliphatic heterocycles. The number of halogens is 2. The smallest absolute Gasteiger partial charge is 0.151 e. The number of hydrogen-bond donors (Lipinski definition) is 1. The summed E-state index contributed by atoms with van der Waals surface area (Å²) in [4.78, 5) is 17.3. The summed E-state index contributed by atoms with van der Waals surface area (Å²) in [5, 5.41) is 1.95. The van der Waals surface area contributed by atoms with Gasteiger partial charge in [0.2, 0.25) is 0 Å². The third-order valence-corrected chi connectivity index (χ3v) is 5.53. The number of nitrogens with zero attached hydrogens (tertiary/aromatic N) is 3. The molecule has 4 rings (SSSR count). The van der Waals surface area contributed by atoms with Gasteiger partial charge in [-0.2, -0.15) is 0 Å². The Labute approximate surface area is 169 Å². The van der Waals surface area contributed by atoms with Crippen LogP contribution in [-0.2, 0) is 4.79 Å². The standard InChI is InChI=1S/C20H21ClN4O.ClH/c21-15-1-3-16(4-2-15)25-12-18(17-5-8-23-11-19(17)25)14-6-9-24(10-7-14)20(22)13-26;/h1-5,8,11-14,20H,6-7,9-10,22H2;1H. The second-order valence-electron chi connectivity index (χ2n) is 6.76. The lowest BCUT2D eigenvalue weighted by atomic mass is 9.89. The zero-order valence-corrected chi connectivity index (χ0v) is 16.4. The molecule has 0 aliphatic carbocycles. The number of hydrogen-bond acceptors (Lipinski definition) is 4. The number of benzene rings is 1. The van der Waals surface area contributed by atoms with Gasteiger partial charge in [-0.05, 0) is 54.7 Å². The minimum atomic E-state index is -0.490. The van der Waals surface area contributed by atoms with Crippen LogP contribution >= 0.6 is 24.0 Å². The van der Waals surface area contributed by atoms with Crippen molar-refractivity contribution in [1.82, 2.24) is 14.5 Å². The number of aromatic nitrogens is 2. The third kappa shape index (κ3) is 3.87. The van der Waals surface area contributed by atoms with Gasteiger partial charge in [0.25, 0.3) is 0 Å². The van der Waals surface area contributed by atoms with Crippen LogP contribution in [0.5, 0.6) is 0 Å². The van der Waals surface area contributed by atoms with E-state index >= 15 is 0 Å². The molecule has 5 nitrogen and oxygen atoms in total. The van der Waals surface area contributed by atoms with Crippen molar-refractivity contribution in [2.45, 2.75) is 24.9 Å². The average molecular weight is 405 g/mol. The van der Waals surface area contributed by atoms with Crippen LogP contribution < -0.4 is 5.73 Å². The molecule has 0 spiro atoms. The number of likely N-dealkylation sites (tertiary alicyclic amines) is 1. The highest BCUT2D eigenvalue weighted by atomic mass is 35.5. The Morgan fingerprint density at radius 1 is 1.19 bits per heavy atom. The second kappa shape index (κ2) is 8.40. The van der Waals surface area contributed by atoms with Gasteiger partial charge in [0.1, 0.15) is 6.17 Å². The van der Waals surface area contributed by atoms with Crippen molar-refractivity contribution in [2.24, 2.45) is 5.73 Å². The first kappa shape index (κ1) is 19.8. The van der Waals surface area contributed by atoms with Gasteiger partial charge in [-0.1, -0.05) is 11.6 Å². The third-order valence-electron chi connectivity index (χ3n) is 5.27. The Morgan fingerprint density at radius 2 is 1.89 bits per heavy atom. The molecule has 142 valence electrons. The van der Waals surface area contributed by atoms with Crippen LogP contribution in [0.3, 0.4) is 0 Å². The first-order valence-corrected chi connectivity index (χ1v) is 9.21. The van der Waals surface area contributed by atoms with E-state index in [2.05, 4.69) is 21.8 Å². The lowest BCUT2D eigenvalue weighted by Gasteiger charge is -2.33. The van der Waals surface area contributed by atoms with Crippen molar-refractivity contribution in [3.8, 4) is 5.69 Å². The zero-order valence-electron chi connectivity index (χ0n) is 14.8. The Balaban J connectivity index is 0.00000210. The number of rotatable bonds is 4. The Hall–Kier alpha value is -1.92.